The molecule has 0 fully saturated rings. The summed E-state index contributed by atoms with van der Waals surface area (Å²) in [6, 6.07) is 17.2. The fourth-order valence-corrected chi connectivity index (χ4v) is 2.83. The number of rotatable bonds is 8. The zero-order chi connectivity index (χ0) is 15.8. The molecule has 2 heteroatoms. The molecule has 2 aromatic carbocycles. The Bertz CT molecular complexity index is 559. The number of hydrogen-bond donors (Lipinski definition) is 2. The summed E-state index contributed by atoms with van der Waals surface area (Å²) in [5.74, 6) is 0.0224. The molecule has 0 spiro atoms. The van der Waals surface area contributed by atoms with Crippen LogP contribution in [-0.2, 0) is 12.8 Å². The van der Waals surface area contributed by atoms with Gasteiger partial charge in [-0.05, 0) is 47.9 Å². The van der Waals surface area contributed by atoms with Crippen molar-refractivity contribution in [1.82, 2.24) is 0 Å². The molecule has 2 N–H and O–H groups in total. The molecule has 0 heterocycles. The van der Waals surface area contributed by atoms with Crippen molar-refractivity contribution < 1.29 is 10.2 Å². The van der Waals surface area contributed by atoms with Crippen molar-refractivity contribution in [1.29, 1.82) is 0 Å². The van der Waals surface area contributed by atoms with Crippen LogP contribution in [0.4, 0.5) is 0 Å². The molecule has 22 heavy (non-hydrogen) atoms. The van der Waals surface area contributed by atoms with E-state index in [4.69, 9.17) is 10.2 Å². The molecule has 0 aliphatic carbocycles. The summed E-state index contributed by atoms with van der Waals surface area (Å²) in [4.78, 5) is 0. The Morgan fingerprint density at radius 1 is 0.955 bits per heavy atom. The largest absolute Gasteiger partial charge is 0.396 e. The normalized spacial score (nSPS) is 11.1. The van der Waals surface area contributed by atoms with Gasteiger partial charge in [-0.25, -0.2) is 0 Å². The van der Waals surface area contributed by atoms with Gasteiger partial charge in [-0.2, -0.15) is 0 Å². The van der Waals surface area contributed by atoms with Gasteiger partial charge >= 0.3 is 0 Å². The first-order valence-electron chi connectivity index (χ1n) is 8.17. The van der Waals surface area contributed by atoms with Crippen LogP contribution in [0.15, 0.2) is 48.5 Å². The van der Waals surface area contributed by atoms with Gasteiger partial charge in [0.1, 0.15) is 0 Å². The molecular weight excluding hydrogens is 272 g/mol. The van der Waals surface area contributed by atoms with Gasteiger partial charge in [0.05, 0.1) is 0 Å². The Morgan fingerprint density at radius 3 is 2.32 bits per heavy atom. The quantitative estimate of drug-likeness (QED) is 0.777. The van der Waals surface area contributed by atoms with Crippen molar-refractivity contribution in [3.05, 3.63) is 59.7 Å². The van der Waals surface area contributed by atoms with E-state index in [1.807, 2.05) is 6.07 Å². The lowest BCUT2D eigenvalue weighted by atomic mass is 9.93. The van der Waals surface area contributed by atoms with Crippen LogP contribution in [0.5, 0.6) is 0 Å². The van der Waals surface area contributed by atoms with Crippen LogP contribution >= 0.6 is 0 Å². The van der Waals surface area contributed by atoms with Gasteiger partial charge < -0.3 is 10.2 Å². The molecule has 118 valence electrons. The van der Waals surface area contributed by atoms with E-state index in [0.29, 0.717) is 0 Å². The van der Waals surface area contributed by atoms with Crippen LogP contribution < -0.4 is 0 Å². The zero-order valence-corrected chi connectivity index (χ0v) is 13.3. The molecule has 0 atom stereocenters. The van der Waals surface area contributed by atoms with Crippen molar-refractivity contribution in [3.63, 3.8) is 0 Å². The maximum absolute atomic E-state index is 9.11. The lowest BCUT2D eigenvalue weighted by Crippen LogP contribution is -2.11. The minimum absolute atomic E-state index is 0.0224. The van der Waals surface area contributed by atoms with Crippen molar-refractivity contribution >= 4 is 0 Å². The average molecular weight is 298 g/mol. The molecule has 2 aromatic rings. The van der Waals surface area contributed by atoms with Crippen molar-refractivity contribution in [2.75, 3.05) is 13.2 Å². The summed E-state index contributed by atoms with van der Waals surface area (Å²) < 4.78 is 0. The summed E-state index contributed by atoms with van der Waals surface area (Å²) in [5, 5.41) is 18.2. The Balaban J connectivity index is 2.06. The lowest BCUT2D eigenvalue weighted by Gasteiger charge is -2.13. The van der Waals surface area contributed by atoms with E-state index >= 15 is 0 Å². The number of hydrogen-bond acceptors (Lipinski definition) is 2. The number of benzene rings is 2. The number of aryl methyl sites for hydroxylation is 2. The maximum Gasteiger partial charge on any atom is 0.0481 e. The summed E-state index contributed by atoms with van der Waals surface area (Å²) in [7, 11) is 0. The van der Waals surface area contributed by atoms with Crippen LogP contribution in [0.1, 0.15) is 30.9 Å². The molecular formula is C20H26O2. The number of aliphatic hydroxyl groups is 2. The van der Waals surface area contributed by atoms with E-state index in [0.717, 1.165) is 25.7 Å². The Kier molecular flexibility index (Phi) is 6.63. The first-order chi connectivity index (χ1) is 10.8. The maximum atomic E-state index is 9.11. The topological polar surface area (TPSA) is 40.5 Å². The monoisotopic (exact) mass is 298 g/mol. The third-order valence-electron chi connectivity index (χ3n) is 4.23. The van der Waals surface area contributed by atoms with Gasteiger partial charge in [-0.15, -0.1) is 0 Å². The van der Waals surface area contributed by atoms with Crippen molar-refractivity contribution in [2.45, 2.75) is 32.6 Å². The highest BCUT2D eigenvalue weighted by atomic mass is 16.3. The van der Waals surface area contributed by atoms with Crippen LogP contribution in [0, 0.1) is 5.92 Å². The van der Waals surface area contributed by atoms with E-state index in [1.165, 1.54) is 22.3 Å². The second-order valence-electron chi connectivity index (χ2n) is 5.83. The Morgan fingerprint density at radius 2 is 1.68 bits per heavy atom. The Labute approximate surface area is 133 Å². The van der Waals surface area contributed by atoms with Crippen LogP contribution in [0.2, 0.25) is 0 Å². The molecule has 2 rings (SSSR count). The first kappa shape index (κ1) is 16.7. The van der Waals surface area contributed by atoms with Gasteiger partial charge in [0.15, 0.2) is 0 Å². The fraction of sp³-hybridized carbons (Fsp3) is 0.400. The number of aliphatic hydroxyl groups excluding tert-OH is 2. The van der Waals surface area contributed by atoms with E-state index in [9.17, 15) is 0 Å². The standard InChI is InChI=1S/C20H26O2/c1-2-18-13-16(7-6-8-17(14-21)15-22)11-12-20(18)19-9-4-3-5-10-19/h3-5,9-13,17,21-22H,2,6-8,14-15H2,1H3. The minimum atomic E-state index is 0.0224. The molecule has 0 saturated heterocycles. The van der Waals surface area contributed by atoms with E-state index in [1.54, 1.807) is 0 Å². The summed E-state index contributed by atoms with van der Waals surface area (Å²) in [5.41, 5.74) is 5.30. The molecule has 0 radical (unpaired) electrons. The highest BCUT2D eigenvalue weighted by molar-refractivity contribution is 5.67. The summed E-state index contributed by atoms with van der Waals surface area (Å²) in [6.45, 7) is 2.34. The Hall–Kier alpha value is -1.64. The van der Waals surface area contributed by atoms with Gasteiger partial charge in [-0.1, -0.05) is 55.5 Å². The highest BCUT2D eigenvalue weighted by Crippen LogP contribution is 2.26. The predicted molar refractivity (Wildman–Crippen MR) is 91.9 cm³/mol. The van der Waals surface area contributed by atoms with E-state index in [2.05, 4.69) is 49.4 Å². The second-order valence-corrected chi connectivity index (χ2v) is 5.83. The molecule has 0 unspecified atom stereocenters. The van der Waals surface area contributed by atoms with Gasteiger partial charge in [0.25, 0.3) is 0 Å². The van der Waals surface area contributed by atoms with E-state index < -0.39 is 0 Å². The van der Waals surface area contributed by atoms with Crippen LogP contribution in [0.3, 0.4) is 0 Å². The predicted octanol–water partition coefficient (Wildman–Crippen LogP) is 3.84. The smallest absolute Gasteiger partial charge is 0.0481 e. The third kappa shape index (κ3) is 4.43. The van der Waals surface area contributed by atoms with Crippen molar-refractivity contribution in [3.8, 4) is 11.1 Å². The molecule has 2 nitrogen and oxygen atoms in total. The van der Waals surface area contributed by atoms with Gasteiger partial charge in [-0.3, -0.25) is 0 Å². The summed E-state index contributed by atoms with van der Waals surface area (Å²) in [6.07, 6.45) is 3.89. The third-order valence-corrected chi connectivity index (χ3v) is 4.23. The SMILES string of the molecule is CCc1cc(CCCC(CO)CO)ccc1-c1ccccc1. The zero-order valence-electron chi connectivity index (χ0n) is 13.3. The lowest BCUT2D eigenvalue weighted by molar-refractivity contribution is 0.142. The minimum Gasteiger partial charge on any atom is -0.396 e. The van der Waals surface area contributed by atoms with Gasteiger partial charge in [0.2, 0.25) is 0 Å². The van der Waals surface area contributed by atoms with Crippen molar-refractivity contribution in [2.24, 2.45) is 5.92 Å². The average Bonchev–Trinajstić information content (AvgIpc) is 2.59. The second kappa shape index (κ2) is 8.72. The summed E-state index contributed by atoms with van der Waals surface area (Å²) >= 11 is 0. The highest BCUT2D eigenvalue weighted by Gasteiger charge is 2.07. The van der Waals surface area contributed by atoms with Crippen LogP contribution in [0.25, 0.3) is 11.1 Å². The van der Waals surface area contributed by atoms with E-state index in [-0.39, 0.29) is 19.1 Å². The van der Waals surface area contributed by atoms with Crippen LogP contribution in [-0.4, -0.2) is 23.4 Å². The first-order valence-corrected chi connectivity index (χ1v) is 8.17. The molecule has 0 amide bonds. The van der Waals surface area contributed by atoms with Gasteiger partial charge in [0, 0.05) is 19.1 Å². The molecule has 0 aromatic heterocycles. The molecule has 0 aliphatic rings. The molecule has 0 bridgehead atoms. The molecule has 0 aliphatic heterocycles. The fourth-order valence-electron chi connectivity index (χ4n) is 2.83. The molecule has 0 saturated carbocycles.